The molecule has 3 aliphatic rings. The van der Waals surface area contributed by atoms with Gasteiger partial charge < -0.3 is 25.6 Å². The molecule has 1 saturated carbocycles. The molecule has 1 atom stereocenters. The summed E-state index contributed by atoms with van der Waals surface area (Å²) in [7, 11) is 0. The van der Waals surface area contributed by atoms with Crippen LogP contribution in [0.15, 0.2) is 12.1 Å². The Bertz CT molecular complexity index is 859. The van der Waals surface area contributed by atoms with Gasteiger partial charge in [0.1, 0.15) is 5.75 Å². The van der Waals surface area contributed by atoms with Gasteiger partial charge in [-0.25, -0.2) is 0 Å². The number of nitrogens with one attached hydrogen (secondary N) is 3. The standard InChI is InChI=1S/C22H30N4O4/c1-3-19(27)24-9-10-26-17-12-16(20(28)25-15-5-4-8-23-13-15)14(2)11-18(17)30-22(6-7-22)21(26)29/h11-12,15,23H,3-10,13H2,1-2H3,(H,24,27)(H,25,28)/t15-/m1/s1. The van der Waals surface area contributed by atoms with E-state index in [9.17, 15) is 14.4 Å². The van der Waals surface area contributed by atoms with Crippen LogP contribution in [0.2, 0.25) is 0 Å². The van der Waals surface area contributed by atoms with Crippen molar-refractivity contribution in [2.45, 2.75) is 57.6 Å². The van der Waals surface area contributed by atoms with E-state index in [4.69, 9.17) is 4.74 Å². The van der Waals surface area contributed by atoms with E-state index in [2.05, 4.69) is 16.0 Å². The highest BCUT2D eigenvalue weighted by molar-refractivity contribution is 6.06. The number of rotatable bonds is 6. The number of carbonyl (C=O) groups excluding carboxylic acids is 3. The molecule has 2 heterocycles. The molecular formula is C22H30N4O4. The van der Waals surface area contributed by atoms with E-state index >= 15 is 0 Å². The lowest BCUT2D eigenvalue weighted by Crippen LogP contribution is -2.50. The molecule has 4 rings (SSSR count). The molecule has 8 heteroatoms. The Labute approximate surface area is 176 Å². The van der Waals surface area contributed by atoms with Crippen LogP contribution in [0.3, 0.4) is 0 Å². The molecule has 162 valence electrons. The first-order chi connectivity index (χ1) is 14.4. The Balaban J connectivity index is 1.57. The molecule has 3 N–H and O–H groups in total. The van der Waals surface area contributed by atoms with Gasteiger partial charge in [0.05, 0.1) is 5.69 Å². The van der Waals surface area contributed by atoms with Crippen molar-refractivity contribution in [2.24, 2.45) is 0 Å². The summed E-state index contributed by atoms with van der Waals surface area (Å²) in [5, 5.41) is 9.22. The minimum atomic E-state index is -0.772. The maximum atomic E-state index is 13.1. The van der Waals surface area contributed by atoms with Crippen molar-refractivity contribution in [2.75, 3.05) is 31.1 Å². The van der Waals surface area contributed by atoms with Crippen molar-refractivity contribution in [1.29, 1.82) is 0 Å². The third kappa shape index (κ3) is 4.01. The van der Waals surface area contributed by atoms with Gasteiger partial charge in [-0.2, -0.15) is 0 Å². The lowest BCUT2D eigenvalue weighted by atomic mass is 10.0. The highest BCUT2D eigenvalue weighted by Gasteiger charge is 2.57. The predicted octanol–water partition coefficient (Wildman–Crippen LogP) is 1.26. The normalized spacial score (nSPS) is 21.6. The zero-order valence-corrected chi connectivity index (χ0v) is 17.7. The zero-order valence-electron chi connectivity index (χ0n) is 17.7. The van der Waals surface area contributed by atoms with Crippen LogP contribution in [-0.2, 0) is 9.59 Å². The average Bonchev–Trinajstić information content (AvgIpc) is 3.51. The summed E-state index contributed by atoms with van der Waals surface area (Å²) in [5.41, 5.74) is 1.19. The number of carbonyl (C=O) groups is 3. The summed E-state index contributed by atoms with van der Waals surface area (Å²) >= 11 is 0. The Morgan fingerprint density at radius 1 is 1.33 bits per heavy atom. The van der Waals surface area contributed by atoms with E-state index < -0.39 is 5.60 Å². The second-order valence-corrected chi connectivity index (χ2v) is 8.41. The van der Waals surface area contributed by atoms with E-state index in [1.807, 2.05) is 13.0 Å². The van der Waals surface area contributed by atoms with Gasteiger partial charge >= 0.3 is 0 Å². The van der Waals surface area contributed by atoms with E-state index in [0.717, 1.165) is 31.5 Å². The van der Waals surface area contributed by atoms with E-state index in [0.29, 0.717) is 49.4 Å². The van der Waals surface area contributed by atoms with Gasteiger partial charge in [-0.3, -0.25) is 14.4 Å². The number of hydrogen-bond donors (Lipinski definition) is 3. The molecule has 1 aliphatic carbocycles. The number of fused-ring (bicyclic) bond motifs is 1. The first-order valence-corrected chi connectivity index (χ1v) is 10.9. The lowest BCUT2D eigenvalue weighted by Gasteiger charge is -2.35. The Hall–Kier alpha value is -2.61. The molecule has 1 aromatic carbocycles. The van der Waals surface area contributed by atoms with Crippen molar-refractivity contribution < 1.29 is 19.1 Å². The zero-order chi connectivity index (χ0) is 21.3. The molecule has 8 nitrogen and oxygen atoms in total. The SMILES string of the molecule is CCC(=O)NCCN1C(=O)C2(CC2)Oc2cc(C)c(C(=O)N[C@@H]3CCCNC3)cc21. The number of aryl methyl sites for hydroxylation is 1. The molecule has 30 heavy (non-hydrogen) atoms. The number of ether oxygens (including phenoxy) is 1. The molecule has 0 bridgehead atoms. The minimum Gasteiger partial charge on any atom is -0.475 e. The number of amides is 3. The molecule has 0 unspecified atom stereocenters. The molecule has 0 radical (unpaired) electrons. The summed E-state index contributed by atoms with van der Waals surface area (Å²) in [6.07, 6.45) is 3.78. The van der Waals surface area contributed by atoms with E-state index in [1.165, 1.54) is 0 Å². The first-order valence-electron chi connectivity index (χ1n) is 10.9. The van der Waals surface area contributed by atoms with Crippen LogP contribution < -0.4 is 25.6 Å². The van der Waals surface area contributed by atoms with Crippen molar-refractivity contribution in [1.82, 2.24) is 16.0 Å². The second kappa shape index (κ2) is 8.26. The monoisotopic (exact) mass is 414 g/mol. The van der Waals surface area contributed by atoms with Crippen LogP contribution >= 0.6 is 0 Å². The molecule has 2 fully saturated rings. The van der Waals surface area contributed by atoms with Crippen LogP contribution in [0, 0.1) is 6.92 Å². The van der Waals surface area contributed by atoms with Gasteiger partial charge in [0.2, 0.25) is 5.91 Å². The Kier molecular flexibility index (Phi) is 5.69. The largest absolute Gasteiger partial charge is 0.475 e. The number of piperidine rings is 1. The Morgan fingerprint density at radius 3 is 2.80 bits per heavy atom. The van der Waals surface area contributed by atoms with Crippen LogP contribution in [0.25, 0.3) is 0 Å². The molecule has 0 aromatic heterocycles. The summed E-state index contributed by atoms with van der Waals surface area (Å²) in [4.78, 5) is 39.3. The highest BCUT2D eigenvalue weighted by Crippen LogP contribution is 2.49. The smallest absolute Gasteiger partial charge is 0.271 e. The predicted molar refractivity (Wildman–Crippen MR) is 113 cm³/mol. The van der Waals surface area contributed by atoms with Crippen molar-refractivity contribution >= 4 is 23.4 Å². The summed E-state index contributed by atoms with van der Waals surface area (Å²) < 4.78 is 6.07. The minimum absolute atomic E-state index is 0.0536. The fraction of sp³-hybridized carbons (Fsp3) is 0.591. The van der Waals surface area contributed by atoms with Gasteiger partial charge in [0, 0.05) is 50.5 Å². The third-order valence-corrected chi connectivity index (χ3v) is 6.10. The molecule has 2 aliphatic heterocycles. The van der Waals surface area contributed by atoms with Gasteiger partial charge in [-0.15, -0.1) is 0 Å². The van der Waals surface area contributed by atoms with Crippen molar-refractivity contribution in [3.05, 3.63) is 23.3 Å². The van der Waals surface area contributed by atoms with Gasteiger partial charge in [-0.1, -0.05) is 6.92 Å². The highest BCUT2D eigenvalue weighted by atomic mass is 16.5. The maximum absolute atomic E-state index is 13.1. The first kappa shape index (κ1) is 20.7. The number of benzene rings is 1. The molecule has 1 saturated heterocycles. The van der Waals surface area contributed by atoms with Crippen LogP contribution in [0.5, 0.6) is 5.75 Å². The summed E-state index contributed by atoms with van der Waals surface area (Å²) in [6.45, 7) is 6.13. The topological polar surface area (TPSA) is 99.8 Å². The average molecular weight is 415 g/mol. The van der Waals surface area contributed by atoms with E-state index in [1.54, 1.807) is 17.9 Å². The fourth-order valence-electron chi connectivity index (χ4n) is 4.14. The van der Waals surface area contributed by atoms with Crippen molar-refractivity contribution in [3.8, 4) is 5.75 Å². The molecule has 1 spiro atoms. The van der Waals surface area contributed by atoms with Crippen molar-refractivity contribution in [3.63, 3.8) is 0 Å². The van der Waals surface area contributed by atoms with Gasteiger partial charge in [-0.05, 0) is 44.0 Å². The van der Waals surface area contributed by atoms with Crippen LogP contribution in [0.4, 0.5) is 5.69 Å². The lowest BCUT2D eigenvalue weighted by molar-refractivity contribution is -0.128. The summed E-state index contributed by atoms with van der Waals surface area (Å²) in [5.74, 6) is 0.347. The molecular weight excluding hydrogens is 384 g/mol. The quantitative estimate of drug-likeness (QED) is 0.651. The second-order valence-electron chi connectivity index (χ2n) is 8.41. The summed E-state index contributed by atoms with van der Waals surface area (Å²) in [6, 6.07) is 3.72. The maximum Gasteiger partial charge on any atom is 0.271 e. The third-order valence-electron chi connectivity index (χ3n) is 6.10. The number of nitrogens with zero attached hydrogens (tertiary/aromatic N) is 1. The number of anilines is 1. The van der Waals surface area contributed by atoms with Gasteiger partial charge in [0.15, 0.2) is 5.60 Å². The number of hydrogen-bond acceptors (Lipinski definition) is 5. The fourth-order valence-corrected chi connectivity index (χ4v) is 4.14. The van der Waals surface area contributed by atoms with E-state index in [-0.39, 0.29) is 23.8 Å². The van der Waals surface area contributed by atoms with Crippen LogP contribution in [0.1, 0.15) is 54.9 Å². The van der Waals surface area contributed by atoms with Gasteiger partial charge in [0.25, 0.3) is 11.8 Å². The molecule has 1 aromatic rings. The van der Waals surface area contributed by atoms with Crippen LogP contribution in [-0.4, -0.2) is 55.5 Å². The Morgan fingerprint density at radius 2 is 2.13 bits per heavy atom. The molecule has 3 amide bonds.